The fourth-order valence-electron chi connectivity index (χ4n) is 8.97. The number of nitrogens with zero attached hydrogens (tertiary/aromatic N) is 3. The van der Waals surface area contributed by atoms with E-state index >= 15 is 0 Å². The second-order valence-corrected chi connectivity index (χ2v) is 24.8. The fourth-order valence-corrected chi connectivity index (χ4v) is 11.2. The van der Waals surface area contributed by atoms with Gasteiger partial charge in [0.1, 0.15) is 19.6 Å². The van der Waals surface area contributed by atoms with Crippen LogP contribution in [0.5, 0.6) is 5.75 Å². The van der Waals surface area contributed by atoms with E-state index < -0.39 is 99.1 Å². The molecule has 6 heteroatoms. The largest absolute Gasteiger partial charge is 0.507 e. The molecule has 0 fully saturated rings. The first-order chi connectivity index (χ1) is 38.9. The van der Waals surface area contributed by atoms with E-state index in [1.54, 1.807) is 30.5 Å². The third-order valence-electron chi connectivity index (χ3n) is 12.9. The summed E-state index contributed by atoms with van der Waals surface area (Å²) >= 11 is 0. The average Bonchev–Trinajstić information content (AvgIpc) is 0.697. The summed E-state index contributed by atoms with van der Waals surface area (Å²) in [6.07, 6.45) is 3.93. The summed E-state index contributed by atoms with van der Waals surface area (Å²) in [4.78, 5) is 10.1. The molecule has 0 bridgehead atoms. The van der Waals surface area contributed by atoms with E-state index in [2.05, 4.69) is 49.1 Å². The van der Waals surface area contributed by atoms with Crippen LogP contribution in [-0.2, 0) is 42.7 Å². The van der Waals surface area contributed by atoms with E-state index in [9.17, 15) is 5.11 Å². The van der Waals surface area contributed by atoms with Gasteiger partial charge in [-0.15, -0.1) is 29.3 Å². The van der Waals surface area contributed by atoms with Crippen LogP contribution in [-0.4, -0.2) is 27.7 Å². The van der Waals surface area contributed by atoms with Crippen molar-refractivity contribution in [2.45, 2.75) is 117 Å². The fraction of sp³-hybridized carbons (Fsp3) is 0.290. The number of hydrogen-bond donors (Lipinski definition) is 1. The zero-order chi connectivity index (χ0) is 63.0. The second kappa shape index (κ2) is 17.4. The van der Waals surface area contributed by atoms with E-state index in [1.165, 1.54) is 15.3 Å². The molecule has 0 saturated heterocycles. The maximum absolute atomic E-state index is 13.1. The number of phenolic OH excluding ortho intramolecular Hbond substituents is 1. The number of pyridine rings is 1. The third kappa shape index (κ3) is 9.17. The molecule has 3 heterocycles. The molecule has 1 aliphatic heterocycles. The van der Waals surface area contributed by atoms with Gasteiger partial charge in [-0.3, -0.25) is 9.55 Å². The summed E-state index contributed by atoms with van der Waals surface area (Å²) in [7, 11) is -1.81. The number of imidazole rings is 1. The molecule has 0 spiro atoms. The molecule has 6 aromatic carbocycles. The second-order valence-electron chi connectivity index (χ2n) is 20.4. The molecule has 4 nitrogen and oxygen atoms in total. The monoisotopic (exact) mass is 1110 g/mol. The molecule has 0 atom stereocenters. The van der Waals surface area contributed by atoms with Crippen LogP contribution in [0, 0.1) is 6.07 Å². The Labute approximate surface area is 446 Å². The molecule has 1 N–H and O–H groups in total. The molecule has 0 amide bonds. The number of phenols is 1. The molecule has 2 aromatic heterocycles. The maximum atomic E-state index is 13.1. The summed E-state index contributed by atoms with van der Waals surface area (Å²) < 4.78 is 160. The van der Waals surface area contributed by atoms with E-state index in [1.807, 2.05) is 108 Å². The molecule has 9 rings (SSSR count). The van der Waals surface area contributed by atoms with E-state index in [0.29, 0.717) is 45.3 Å². The standard InChI is InChI=1S/C62H66N3OSi.Pt/c1-59(2,3)45-25-26-53(49(36-45)39-19-16-15-17-20-39)65-54-22-18-21-48(56(54)64-58(65)50-37-47(61(7,8)9)38-51(57(50)66)62(10,11)12)43-31-44(33-46(32-43)60(4,5)6)52-34-42(27-29-63-52)41-24-23-40-28-30-67(13,14)55(40)35-41;/h15-30,32-38,66H,1-14H3;/q-1;/i7D3,8D3,9D3,10D3,11D3,12D3;. The van der Waals surface area contributed by atoms with Gasteiger partial charge < -0.3 is 5.11 Å². The Kier molecular flexibility index (Phi) is 7.88. The molecule has 0 saturated carbocycles. The smallest absolute Gasteiger partial charge is 0.148 e. The SMILES string of the molecule is [2H]C([2H])([2H])C(c1cc(-c2nc3c(-c4[c-]c(-c5cc(-c6ccc7c(c6)[Si](C)(C)C=C7)ccn5)cc(C(C)(C)C)c4)cccc3n2-c2ccc(C(C)(C)C)cc2-c2ccccc2)c(O)c(C(C([2H])([2H])[2H])(C([2H])([2H])[2H])C([2H])([2H])[2H])c1)(C([2H])([2H])[2H])C([2H])([2H])[2H].[Pt]. The van der Waals surface area contributed by atoms with Gasteiger partial charge in [0.15, 0.2) is 0 Å². The number of rotatable bonds is 6. The van der Waals surface area contributed by atoms with Crippen molar-refractivity contribution in [2.24, 2.45) is 0 Å². The quantitative estimate of drug-likeness (QED) is 0.133. The van der Waals surface area contributed by atoms with Crippen LogP contribution in [0.4, 0.5) is 0 Å². The summed E-state index contributed by atoms with van der Waals surface area (Å²) in [5.74, 6) is -1.76. The topological polar surface area (TPSA) is 50.9 Å². The predicted molar refractivity (Wildman–Crippen MR) is 287 cm³/mol. The van der Waals surface area contributed by atoms with Gasteiger partial charge in [0.2, 0.25) is 0 Å². The van der Waals surface area contributed by atoms with Crippen molar-refractivity contribution in [1.82, 2.24) is 14.5 Å². The Hall–Kier alpha value is -5.61. The molecule has 68 heavy (non-hydrogen) atoms. The number of benzene rings is 6. The molecule has 0 aliphatic carbocycles. The van der Waals surface area contributed by atoms with Crippen molar-refractivity contribution >= 4 is 30.4 Å². The molecular weight excluding hydrogens is 1030 g/mol. The number of aromatic nitrogens is 3. The van der Waals surface area contributed by atoms with Gasteiger partial charge in [-0.05, 0) is 90.6 Å². The minimum Gasteiger partial charge on any atom is -0.507 e. The summed E-state index contributed by atoms with van der Waals surface area (Å²) in [6.45, 7) is -7.75. The van der Waals surface area contributed by atoms with Gasteiger partial charge in [0, 0.05) is 68.8 Å². The first-order valence-electron chi connectivity index (χ1n) is 31.4. The Morgan fingerprint density at radius 3 is 1.99 bits per heavy atom. The average molecular weight is 1110 g/mol. The van der Waals surface area contributed by atoms with Crippen LogP contribution in [0.15, 0.2) is 133 Å². The van der Waals surface area contributed by atoms with Gasteiger partial charge in [-0.1, -0.05) is 198 Å². The minimum absolute atomic E-state index is 0. The van der Waals surface area contributed by atoms with Crippen LogP contribution in [0.25, 0.3) is 78.8 Å². The molecule has 8 aromatic rings. The zero-order valence-corrected chi connectivity index (χ0v) is 42.7. The summed E-state index contributed by atoms with van der Waals surface area (Å²) in [6, 6.07) is 39.0. The Morgan fingerprint density at radius 2 is 1.28 bits per heavy atom. The van der Waals surface area contributed by atoms with Gasteiger partial charge in [-0.25, -0.2) is 4.98 Å². The third-order valence-corrected chi connectivity index (χ3v) is 15.7. The van der Waals surface area contributed by atoms with Gasteiger partial charge >= 0.3 is 0 Å². The van der Waals surface area contributed by atoms with Gasteiger partial charge in [0.25, 0.3) is 0 Å². The first-order valence-corrected chi connectivity index (χ1v) is 25.5. The normalized spacial score (nSPS) is 18.8. The maximum Gasteiger partial charge on any atom is 0.148 e. The van der Waals surface area contributed by atoms with Crippen LogP contribution in [0.2, 0.25) is 13.1 Å². The molecule has 0 unspecified atom stereocenters. The van der Waals surface area contributed by atoms with Crippen molar-refractivity contribution in [3.63, 3.8) is 0 Å². The Morgan fingerprint density at radius 1 is 0.603 bits per heavy atom. The van der Waals surface area contributed by atoms with Crippen molar-refractivity contribution in [2.75, 3.05) is 0 Å². The van der Waals surface area contributed by atoms with Crippen LogP contribution in [0.3, 0.4) is 0 Å². The molecule has 1 aliphatic rings. The number of aromatic hydroxyl groups is 1. The van der Waals surface area contributed by atoms with Crippen molar-refractivity contribution < 1.29 is 50.8 Å². The number of hydrogen-bond acceptors (Lipinski definition) is 3. The van der Waals surface area contributed by atoms with E-state index in [4.69, 9.17) is 34.6 Å². The van der Waals surface area contributed by atoms with E-state index in [0.717, 1.165) is 28.3 Å². The summed E-state index contributed by atoms with van der Waals surface area (Å²) in [5.41, 5.74) is -1.24. The van der Waals surface area contributed by atoms with Crippen LogP contribution >= 0.6 is 0 Å². The Balaban J connectivity index is 0.00000961. The molecule has 350 valence electrons. The first kappa shape index (κ1) is 30.8. The number of para-hydroxylation sites is 1. The number of fused-ring (bicyclic) bond motifs is 2. The molecular formula is C62H66N3OPtSi-. The zero-order valence-electron chi connectivity index (χ0n) is 57.4. The van der Waals surface area contributed by atoms with Gasteiger partial charge in [0.05, 0.1) is 22.3 Å². The Bertz CT molecular complexity index is 3880. The van der Waals surface area contributed by atoms with Crippen molar-refractivity contribution in [3.05, 3.63) is 167 Å². The van der Waals surface area contributed by atoms with Crippen molar-refractivity contribution in [3.8, 4) is 67.5 Å². The summed E-state index contributed by atoms with van der Waals surface area (Å²) in [5, 5.41) is 14.4. The van der Waals surface area contributed by atoms with Gasteiger partial charge in [-0.2, -0.15) is 0 Å². The van der Waals surface area contributed by atoms with Crippen LogP contribution in [0.1, 0.15) is 135 Å². The van der Waals surface area contributed by atoms with E-state index in [-0.39, 0.29) is 32.1 Å². The molecule has 0 radical (unpaired) electrons. The van der Waals surface area contributed by atoms with Crippen LogP contribution < -0.4 is 5.19 Å². The predicted octanol–water partition coefficient (Wildman–Crippen LogP) is 15.9. The minimum atomic E-state index is -4.14. The van der Waals surface area contributed by atoms with Crippen molar-refractivity contribution in [1.29, 1.82) is 0 Å².